The first-order chi connectivity index (χ1) is 28.4. The molecule has 3 saturated heterocycles. The molecular formula is C41H39ClFN9O7. The summed E-state index contributed by atoms with van der Waals surface area (Å²) in [6, 6.07) is 18.0. The number of carboxylic acids is 1. The van der Waals surface area contributed by atoms with Crippen molar-refractivity contribution in [3.8, 4) is 17.6 Å². The quantitative estimate of drug-likeness (QED) is 0.154. The summed E-state index contributed by atoms with van der Waals surface area (Å²) < 4.78 is 21.1. The van der Waals surface area contributed by atoms with Crippen LogP contribution in [-0.2, 0) is 9.59 Å². The van der Waals surface area contributed by atoms with E-state index < -0.39 is 47.0 Å². The molecule has 59 heavy (non-hydrogen) atoms. The number of nitrogens with one attached hydrogen (secondary N) is 3. The second-order valence-corrected chi connectivity index (χ2v) is 14.9. The fourth-order valence-electron chi connectivity index (χ4n) is 7.32. The minimum Gasteiger partial charge on any atom is -0.478 e. The van der Waals surface area contributed by atoms with Crippen molar-refractivity contribution in [2.24, 2.45) is 5.92 Å². The number of halogens is 2. The molecule has 0 bridgehead atoms. The van der Waals surface area contributed by atoms with E-state index >= 15 is 4.39 Å². The fourth-order valence-corrected chi connectivity index (χ4v) is 7.53. The molecule has 304 valence electrons. The van der Waals surface area contributed by atoms with Crippen molar-refractivity contribution in [1.82, 2.24) is 25.7 Å². The van der Waals surface area contributed by atoms with Gasteiger partial charge in [-0.05, 0) is 85.8 Å². The third-order valence-corrected chi connectivity index (χ3v) is 10.9. The number of carboxylic acid groups (broad SMARTS) is 1. The van der Waals surface area contributed by atoms with Gasteiger partial charge in [0.15, 0.2) is 11.5 Å². The first kappa shape index (κ1) is 40.6. The number of aromatic carboxylic acids is 1. The molecular weight excluding hydrogens is 785 g/mol. The maximum absolute atomic E-state index is 15.3. The molecule has 3 fully saturated rings. The van der Waals surface area contributed by atoms with Crippen LogP contribution in [-0.4, -0.2) is 102 Å². The van der Waals surface area contributed by atoms with Crippen LogP contribution in [0.4, 0.5) is 21.6 Å². The Bertz CT molecular complexity index is 2310. The summed E-state index contributed by atoms with van der Waals surface area (Å²) in [4.78, 5) is 67.9. The lowest BCUT2D eigenvalue weighted by Crippen LogP contribution is -2.52. The summed E-state index contributed by atoms with van der Waals surface area (Å²) in [6.07, 6.45) is 1.94. The first-order valence-electron chi connectivity index (χ1n) is 19.0. The number of carbonyl (C=O) groups excluding carboxylic acids is 4. The molecule has 3 aromatic carbocycles. The van der Waals surface area contributed by atoms with Crippen LogP contribution >= 0.6 is 11.6 Å². The van der Waals surface area contributed by atoms with Crippen molar-refractivity contribution in [1.29, 1.82) is 5.26 Å². The second-order valence-electron chi connectivity index (χ2n) is 14.5. The van der Waals surface area contributed by atoms with Crippen LogP contribution in [0.15, 0.2) is 66.7 Å². The van der Waals surface area contributed by atoms with Gasteiger partial charge in [0.2, 0.25) is 11.8 Å². The van der Waals surface area contributed by atoms with Crippen LogP contribution in [0.3, 0.4) is 0 Å². The number of nitrogens with zero attached hydrogens (tertiary/aromatic N) is 6. The smallest absolute Gasteiger partial charge is 0.336 e. The van der Waals surface area contributed by atoms with E-state index in [1.807, 2.05) is 6.07 Å². The minimum atomic E-state index is -1.48. The lowest BCUT2D eigenvalue weighted by atomic mass is 9.96. The van der Waals surface area contributed by atoms with Gasteiger partial charge in [-0.2, -0.15) is 5.26 Å². The molecule has 3 aliphatic heterocycles. The Kier molecular flexibility index (Phi) is 12.3. The maximum atomic E-state index is 15.3. The van der Waals surface area contributed by atoms with Gasteiger partial charge in [-0.15, -0.1) is 10.2 Å². The zero-order valence-electron chi connectivity index (χ0n) is 31.6. The lowest BCUT2D eigenvalue weighted by Gasteiger charge is -2.40. The first-order valence-corrected chi connectivity index (χ1v) is 19.4. The second kappa shape index (κ2) is 17.9. The Hall–Kier alpha value is -6.64. The van der Waals surface area contributed by atoms with E-state index in [0.29, 0.717) is 65.7 Å². The summed E-state index contributed by atoms with van der Waals surface area (Å²) in [5, 5.41) is 35.0. The topological polar surface area (TPSA) is 210 Å². The van der Waals surface area contributed by atoms with E-state index in [0.717, 1.165) is 38.5 Å². The number of carbonyl (C=O) groups is 5. The van der Waals surface area contributed by atoms with Gasteiger partial charge in [-0.25, -0.2) is 9.18 Å². The van der Waals surface area contributed by atoms with Crippen molar-refractivity contribution < 1.29 is 38.2 Å². The number of aromatic nitrogens is 2. The number of rotatable bonds is 11. The third-order valence-electron chi connectivity index (χ3n) is 10.6. The van der Waals surface area contributed by atoms with Crippen molar-refractivity contribution in [3.05, 3.63) is 100.0 Å². The van der Waals surface area contributed by atoms with Gasteiger partial charge in [0.1, 0.15) is 29.4 Å². The summed E-state index contributed by atoms with van der Waals surface area (Å²) >= 11 is 6.09. The van der Waals surface area contributed by atoms with Gasteiger partial charge >= 0.3 is 5.97 Å². The zero-order chi connectivity index (χ0) is 41.6. The number of hydrogen-bond donors (Lipinski definition) is 4. The monoisotopic (exact) mass is 823 g/mol. The highest BCUT2D eigenvalue weighted by Crippen LogP contribution is 2.29. The molecule has 0 aliphatic carbocycles. The Morgan fingerprint density at radius 1 is 0.881 bits per heavy atom. The molecule has 0 spiro atoms. The molecule has 0 radical (unpaired) electrons. The van der Waals surface area contributed by atoms with Crippen molar-refractivity contribution in [2.75, 3.05) is 60.9 Å². The lowest BCUT2D eigenvalue weighted by molar-refractivity contribution is -0.134. The molecule has 16 nitrogen and oxygen atoms in total. The number of piperidine rings is 2. The van der Waals surface area contributed by atoms with E-state index in [1.54, 1.807) is 59.5 Å². The van der Waals surface area contributed by atoms with Gasteiger partial charge in [0, 0.05) is 64.0 Å². The average molecular weight is 824 g/mol. The van der Waals surface area contributed by atoms with Crippen LogP contribution in [0, 0.1) is 23.1 Å². The van der Waals surface area contributed by atoms with E-state index in [-0.39, 0.29) is 29.8 Å². The predicted molar refractivity (Wildman–Crippen MR) is 213 cm³/mol. The van der Waals surface area contributed by atoms with Crippen LogP contribution < -0.4 is 30.5 Å². The number of ether oxygens (including phenoxy) is 1. The number of nitriles is 1. The number of imide groups is 1. The molecule has 18 heteroatoms. The molecule has 1 aromatic heterocycles. The number of piperazine rings is 1. The predicted octanol–water partition coefficient (Wildman–Crippen LogP) is 4.46. The molecule has 0 saturated carbocycles. The van der Waals surface area contributed by atoms with E-state index in [9.17, 15) is 29.1 Å². The van der Waals surface area contributed by atoms with Crippen LogP contribution in [0.25, 0.3) is 0 Å². The van der Waals surface area contributed by atoms with Crippen molar-refractivity contribution in [3.63, 3.8) is 0 Å². The Morgan fingerprint density at radius 3 is 2.25 bits per heavy atom. The van der Waals surface area contributed by atoms with E-state index in [2.05, 4.69) is 35.9 Å². The Balaban J connectivity index is 0.865. The Morgan fingerprint density at radius 2 is 1.61 bits per heavy atom. The van der Waals surface area contributed by atoms with Gasteiger partial charge < -0.3 is 30.3 Å². The van der Waals surface area contributed by atoms with Crippen molar-refractivity contribution >= 4 is 58.4 Å². The molecule has 7 rings (SSSR count). The molecule has 1 atom stereocenters. The highest BCUT2D eigenvalue weighted by Gasteiger charge is 2.31. The summed E-state index contributed by atoms with van der Waals surface area (Å²) in [5.41, 5.74) is 0.376. The number of hydrogen-bond acceptors (Lipinski definition) is 12. The zero-order valence-corrected chi connectivity index (χ0v) is 32.4. The van der Waals surface area contributed by atoms with E-state index in [4.69, 9.17) is 21.6 Å². The van der Waals surface area contributed by atoms with Gasteiger partial charge in [-0.1, -0.05) is 11.6 Å². The normalized spacial score (nSPS) is 17.5. The highest BCUT2D eigenvalue weighted by atomic mass is 35.5. The third kappa shape index (κ3) is 9.74. The Labute approximate surface area is 342 Å². The van der Waals surface area contributed by atoms with Crippen LogP contribution in [0.1, 0.15) is 62.5 Å². The molecule has 3 aliphatic rings. The molecule has 4 N–H and O–H groups in total. The van der Waals surface area contributed by atoms with Crippen LogP contribution in [0.2, 0.25) is 5.02 Å². The summed E-state index contributed by atoms with van der Waals surface area (Å²) in [6.45, 7) is 4.57. The number of benzene rings is 3. The standard InChI is InChI=1S/C41H39ClFN9O7/c42-31-19-28(4-1-25(31)22-44)59-27-5-2-26(3-6-27)45-40(56)34-7-9-36(49-48-34)52-13-11-24(12-14-52)23-50-15-17-51(18-16-50)35-21-29(30(41(57)58)20-32(35)43)38(54)46-33-8-10-37(53)47-39(33)55/h1-7,9,19-21,24,33H,8,10-18,23H2,(H,45,56)(H,46,54)(H,57,58)(H,47,53,55). The summed E-state index contributed by atoms with van der Waals surface area (Å²) in [5.74, 6) is -2.53. The van der Waals surface area contributed by atoms with E-state index in [1.165, 1.54) is 6.07 Å². The van der Waals surface area contributed by atoms with Gasteiger partial charge in [0.25, 0.3) is 11.8 Å². The number of anilines is 3. The SMILES string of the molecule is N#Cc1ccc(Oc2ccc(NC(=O)c3ccc(N4CCC(CN5CCN(c6cc(C(=O)NC7CCC(=O)NC7=O)c(C(=O)O)cc6F)CC5)CC4)nn3)cc2)cc1Cl. The van der Waals surface area contributed by atoms with Gasteiger partial charge in [0.05, 0.1) is 27.4 Å². The largest absolute Gasteiger partial charge is 0.478 e. The molecule has 4 heterocycles. The highest BCUT2D eigenvalue weighted by molar-refractivity contribution is 6.31. The van der Waals surface area contributed by atoms with Crippen molar-refractivity contribution in [2.45, 2.75) is 31.7 Å². The molecule has 1 unspecified atom stereocenters. The fraction of sp³-hybridized carbons (Fsp3) is 0.317. The van der Waals surface area contributed by atoms with Crippen LogP contribution in [0.5, 0.6) is 11.5 Å². The maximum Gasteiger partial charge on any atom is 0.336 e. The summed E-state index contributed by atoms with van der Waals surface area (Å²) in [7, 11) is 0. The average Bonchev–Trinajstić information content (AvgIpc) is 3.23. The number of amides is 4. The minimum absolute atomic E-state index is 0.0302. The molecule has 4 aromatic rings. The van der Waals surface area contributed by atoms with Gasteiger partial charge in [-0.3, -0.25) is 29.4 Å². The molecule has 4 amide bonds.